The number of methoxy groups -OCH3 is 1. The highest BCUT2D eigenvalue weighted by Gasteiger charge is 2.45. The summed E-state index contributed by atoms with van der Waals surface area (Å²) in [5, 5.41) is 1.17. The number of likely N-dealkylation sites (tertiary alicyclic amines) is 1. The number of H-pyrrole nitrogens is 1. The monoisotopic (exact) mass is 444 g/mol. The molecule has 0 unspecified atom stereocenters. The Hall–Kier alpha value is -1.63. The van der Waals surface area contributed by atoms with Crippen molar-refractivity contribution in [2.45, 2.75) is 28.6 Å². The van der Waals surface area contributed by atoms with Crippen LogP contribution in [-0.4, -0.2) is 52.0 Å². The quantitative estimate of drug-likeness (QED) is 0.556. The molecule has 0 spiro atoms. The fourth-order valence-electron chi connectivity index (χ4n) is 4.47. The Balaban J connectivity index is 1.69. The molecule has 1 aliphatic heterocycles. The largest absolute Gasteiger partial charge is 0.469 e. The average Bonchev–Trinajstić information content (AvgIpc) is 3.08. The molecule has 1 aliphatic carbocycles. The normalized spacial score (nSPS) is 24.0. The highest BCUT2D eigenvalue weighted by atomic mass is 35.6. The van der Waals surface area contributed by atoms with E-state index in [9.17, 15) is 9.59 Å². The third-order valence-corrected chi connectivity index (χ3v) is 5.92. The number of fused-ring (bicyclic) bond motifs is 2. The van der Waals surface area contributed by atoms with Gasteiger partial charge in [-0.15, -0.1) is 0 Å². The number of nitrogens with zero attached hydrogens (tertiary/aromatic N) is 1. The van der Waals surface area contributed by atoms with E-state index in [1.54, 1.807) is 4.90 Å². The highest BCUT2D eigenvalue weighted by molar-refractivity contribution is 6.67. The Labute approximate surface area is 177 Å². The Kier molecular flexibility index (Phi) is 5.14. The minimum Gasteiger partial charge on any atom is -0.469 e. The van der Waals surface area contributed by atoms with Crippen LogP contribution in [0.4, 0.5) is 4.79 Å². The number of hydrogen-bond donors (Lipinski definition) is 1. The van der Waals surface area contributed by atoms with Crippen LogP contribution in [0, 0.1) is 5.92 Å². The van der Waals surface area contributed by atoms with E-state index in [4.69, 9.17) is 44.3 Å². The van der Waals surface area contributed by atoms with Gasteiger partial charge in [0.2, 0.25) is 3.79 Å². The molecule has 1 aromatic heterocycles. The molecule has 150 valence electrons. The van der Waals surface area contributed by atoms with Crippen LogP contribution in [0.1, 0.15) is 23.5 Å². The predicted octanol–water partition coefficient (Wildman–Crippen LogP) is 4.18. The van der Waals surface area contributed by atoms with E-state index in [0.717, 1.165) is 16.6 Å². The summed E-state index contributed by atoms with van der Waals surface area (Å²) >= 11 is 17.2. The standard InChI is InChI=1S/C19H19Cl3N2O4/c1-27-17(25)11-5-13-12-3-2-4-14-16(12)10(7-23-14)6-15(13)24(8-11)18(26)28-9-19(20,21)22/h2-4,7,11,13,15,23H,5-6,8-9H2,1H3/t11-,13-,15-/m1/s1. The van der Waals surface area contributed by atoms with E-state index in [1.807, 2.05) is 18.3 Å². The van der Waals surface area contributed by atoms with Gasteiger partial charge >= 0.3 is 12.1 Å². The Bertz CT molecular complexity index is 924. The van der Waals surface area contributed by atoms with E-state index in [-0.39, 0.29) is 31.1 Å². The maximum Gasteiger partial charge on any atom is 0.410 e. The Morgan fingerprint density at radius 3 is 2.82 bits per heavy atom. The van der Waals surface area contributed by atoms with Crippen LogP contribution in [0.15, 0.2) is 24.4 Å². The van der Waals surface area contributed by atoms with Gasteiger partial charge in [0.05, 0.1) is 13.0 Å². The van der Waals surface area contributed by atoms with Crippen LogP contribution in [0.5, 0.6) is 0 Å². The average molecular weight is 446 g/mol. The van der Waals surface area contributed by atoms with Crippen LogP contribution >= 0.6 is 34.8 Å². The number of rotatable bonds is 2. The number of aromatic nitrogens is 1. The number of ether oxygens (including phenoxy) is 2. The van der Waals surface area contributed by atoms with Crippen molar-refractivity contribution in [1.29, 1.82) is 0 Å². The zero-order valence-corrected chi connectivity index (χ0v) is 17.4. The van der Waals surface area contributed by atoms with E-state index in [2.05, 4.69) is 11.1 Å². The molecule has 2 aliphatic rings. The zero-order valence-electron chi connectivity index (χ0n) is 15.1. The van der Waals surface area contributed by atoms with Crippen molar-refractivity contribution in [3.8, 4) is 0 Å². The maximum atomic E-state index is 12.8. The molecule has 1 fully saturated rings. The zero-order chi connectivity index (χ0) is 20.1. The molecule has 28 heavy (non-hydrogen) atoms. The van der Waals surface area contributed by atoms with Crippen LogP contribution in [-0.2, 0) is 20.7 Å². The lowest BCUT2D eigenvalue weighted by Crippen LogP contribution is -2.54. The van der Waals surface area contributed by atoms with Crippen molar-refractivity contribution in [3.05, 3.63) is 35.5 Å². The molecule has 1 saturated heterocycles. The fraction of sp³-hybridized carbons (Fsp3) is 0.474. The molecule has 0 bridgehead atoms. The maximum absolute atomic E-state index is 12.8. The third-order valence-electron chi connectivity index (χ3n) is 5.60. The van der Waals surface area contributed by atoms with Crippen LogP contribution in [0.25, 0.3) is 10.9 Å². The van der Waals surface area contributed by atoms with Gasteiger partial charge in [-0.1, -0.05) is 46.9 Å². The molecule has 3 atom stereocenters. The lowest BCUT2D eigenvalue weighted by molar-refractivity contribution is -0.148. The highest BCUT2D eigenvalue weighted by Crippen LogP contribution is 2.45. The van der Waals surface area contributed by atoms with Crippen molar-refractivity contribution in [2.75, 3.05) is 20.3 Å². The minimum absolute atomic E-state index is 0.00911. The van der Waals surface area contributed by atoms with E-state index >= 15 is 0 Å². The van der Waals surface area contributed by atoms with Gasteiger partial charge < -0.3 is 19.4 Å². The van der Waals surface area contributed by atoms with Crippen LogP contribution in [0.2, 0.25) is 0 Å². The van der Waals surface area contributed by atoms with Gasteiger partial charge in [-0.2, -0.15) is 0 Å². The summed E-state index contributed by atoms with van der Waals surface area (Å²) in [5.74, 6) is -0.794. The number of carbonyl (C=O) groups excluding carboxylic acids is 2. The van der Waals surface area contributed by atoms with E-state index in [0.29, 0.717) is 12.8 Å². The molecule has 1 N–H and O–H groups in total. The first-order valence-corrected chi connectivity index (χ1v) is 10.1. The smallest absolute Gasteiger partial charge is 0.410 e. The van der Waals surface area contributed by atoms with Crippen molar-refractivity contribution >= 4 is 57.8 Å². The number of aromatic amines is 1. The number of nitrogens with one attached hydrogen (secondary N) is 1. The molecule has 6 nitrogen and oxygen atoms in total. The van der Waals surface area contributed by atoms with Gasteiger partial charge in [0.1, 0.15) is 6.61 Å². The van der Waals surface area contributed by atoms with Gasteiger partial charge in [-0.25, -0.2) is 4.79 Å². The van der Waals surface area contributed by atoms with Crippen molar-refractivity contribution < 1.29 is 19.1 Å². The molecular weight excluding hydrogens is 427 g/mol. The number of halogens is 3. The molecule has 1 aromatic carbocycles. The third kappa shape index (κ3) is 3.53. The van der Waals surface area contributed by atoms with Gasteiger partial charge in [0.25, 0.3) is 0 Å². The summed E-state index contributed by atoms with van der Waals surface area (Å²) in [5.41, 5.74) is 3.32. The first kappa shape index (κ1) is 19.7. The number of alkyl halides is 3. The number of esters is 1. The molecule has 0 saturated carbocycles. The van der Waals surface area contributed by atoms with Crippen molar-refractivity contribution in [3.63, 3.8) is 0 Å². The topological polar surface area (TPSA) is 71.6 Å². The van der Waals surface area contributed by atoms with Gasteiger partial charge in [0.15, 0.2) is 0 Å². The number of piperidine rings is 1. The van der Waals surface area contributed by atoms with Gasteiger partial charge in [-0.05, 0) is 30.0 Å². The molecule has 2 aromatic rings. The SMILES string of the molecule is COC(=O)[C@@H]1C[C@@H]2c3cccc4[nH]cc(c34)C[C@H]2N(C(=O)OCC(Cl)(Cl)Cl)C1. The molecule has 0 radical (unpaired) electrons. The molecule has 9 heteroatoms. The van der Waals surface area contributed by atoms with Gasteiger partial charge in [0, 0.05) is 35.6 Å². The summed E-state index contributed by atoms with van der Waals surface area (Å²) in [6, 6.07) is 5.92. The minimum atomic E-state index is -1.70. The number of amides is 1. The number of hydrogen-bond acceptors (Lipinski definition) is 4. The Morgan fingerprint density at radius 1 is 1.32 bits per heavy atom. The summed E-state index contributed by atoms with van der Waals surface area (Å²) in [6.07, 6.45) is 2.65. The molecule has 2 heterocycles. The summed E-state index contributed by atoms with van der Waals surface area (Å²) < 4.78 is 8.49. The molecule has 1 amide bonds. The van der Waals surface area contributed by atoms with E-state index < -0.39 is 15.8 Å². The van der Waals surface area contributed by atoms with Crippen molar-refractivity contribution in [1.82, 2.24) is 9.88 Å². The Morgan fingerprint density at radius 2 is 2.11 bits per heavy atom. The summed E-state index contributed by atoms with van der Waals surface area (Å²) in [6.45, 7) is -0.152. The predicted molar refractivity (Wildman–Crippen MR) is 107 cm³/mol. The lowest BCUT2D eigenvalue weighted by Gasteiger charge is -2.45. The lowest BCUT2D eigenvalue weighted by atomic mass is 9.72. The first-order chi connectivity index (χ1) is 13.3. The van der Waals surface area contributed by atoms with Crippen molar-refractivity contribution in [2.24, 2.45) is 5.92 Å². The fourth-order valence-corrected chi connectivity index (χ4v) is 4.63. The van der Waals surface area contributed by atoms with E-state index in [1.165, 1.54) is 12.5 Å². The molecular formula is C19H19Cl3N2O4. The van der Waals surface area contributed by atoms with Crippen LogP contribution < -0.4 is 0 Å². The van der Waals surface area contributed by atoms with Gasteiger partial charge in [-0.3, -0.25) is 4.79 Å². The second kappa shape index (κ2) is 7.32. The first-order valence-electron chi connectivity index (χ1n) is 8.95. The molecule has 4 rings (SSSR count). The summed E-state index contributed by atoms with van der Waals surface area (Å²) in [4.78, 5) is 30.0. The summed E-state index contributed by atoms with van der Waals surface area (Å²) in [7, 11) is 1.35. The van der Waals surface area contributed by atoms with Crippen LogP contribution in [0.3, 0.4) is 0 Å². The number of benzene rings is 1. The second-order valence-electron chi connectivity index (χ2n) is 7.24. The number of carbonyl (C=O) groups is 2. The second-order valence-corrected chi connectivity index (χ2v) is 9.76.